The molecule has 0 radical (unpaired) electrons. The molecule has 2 heterocycles. The first-order valence-corrected chi connectivity index (χ1v) is 6.76. The summed E-state index contributed by atoms with van der Waals surface area (Å²) >= 11 is 5.79. The second-order valence-corrected chi connectivity index (χ2v) is 5.56. The van der Waals surface area contributed by atoms with Crippen molar-refractivity contribution in [2.24, 2.45) is 5.73 Å². The van der Waals surface area contributed by atoms with Gasteiger partial charge in [-0.1, -0.05) is 29.6 Å². The predicted octanol–water partition coefficient (Wildman–Crippen LogP) is 2.60. The summed E-state index contributed by atoms with van der Waals surface area (Å²) in [4.78, 5) is 8.52. The van der Waals surface area contributed by atoms with Crippen molar-refractivity contribution in [1.82, 2.24) is 15.1 Å². The minimum absolute atomic E-state index is 0.183. The third-order valence-electron chi connectivity index (χ3n) is 3.53. The van der Waals surface area contributed by atoms with Gasteiger partial charge in [-0.25, -0.2) is 0 Å². The number of hydrogen-bond acceptors (Lipinski definition) is 5. The lowest BCUT2D eigenvalue weighted by molar-refractivity contribution is 0.329. The Bertz CT molecular complexity index is 560. The van der Waals surface area contributed by atoms with E-state index in [0.717, 1.165) is 12.8 Å². The largest absolute Gasteiger partial charge is 0.339 e. The first-order valence-electron chi connectivity index (χ1n) is 6.38. The maximum Gasteiger partial charge on any atom is 0.228 e. The molecule has 0 atom stereocenters. The summed E-state index contributed by atoms with van der Waals surface area (Å²) in [5, 5.41) is 4.52. The van der Waals surface area contributed by atoms with Crippen molar-refractivity contribution in [3.8, 4) is 11.5 Å². The van der Waals surface area contributed by atoms with E-state index in [-0.39, 0.29) is 5.54 Å². The fraction of sp³-hybridized carbons (Fsp3) is 0.462. The molecule has 0 unspecified atom stereocenters. The molecule has 0 amide bonds. The Morgan fingerprint density at radius 3 is 2.79 bits per heavy atom. The first kappa shape index (κ1) is 12.6. The van der Waals surface area contributed by atoms with Gasteiger partial charge in [-0.05, 0) is 25.0 Å². The summed E-state index contributed by atoms with van der Waals surface area (Å²) in [5.74, 6) is 1.06. The van der Waals surface area contributed by atoms with Gasteiger partial charge in [-0.3, -0.25) is 4.98 Å². The predicted molar refractivity (Wildman–Crippen MR) is 71.6 cm³/mol. The minimum atomic E-state index is -0.183. The maximum absolute atomic E-state index is 6.30. The minimum Gasteiger partial charge on any atom is -0.339 e. The van der Waals surface area contributed by atoms with E-state index in [9.17, 15) is 0 Å². The van der Waals surface area contributed by atoms with E-state index in [0.29, 0.717) is 28.9 Å². The van der Waals surface area contributed by atoms with Crippen LogP contribution in [0.5, 0.6) is 0 Å². The molecular weight excluding hydrogens is 264 g/mol. The normalized spacial score (nSPS) is 17.8. The van der Waals surface area contributed by atoms with Gasteiger partial charge in [0.1, 0.15) is 5.69 Å². The van der Waals surface area contributed by atoms with E-state index >= 15 is 0 Å². The third kappa shape index (κ3) is 2.77. The van der Waals surface area contributed by atoms with Crippen LogP contribution < -0.4 is 5.73 Å². The number of aromatic nitrogens is 3. The average Bonchev–Trinajstić information content (AvgIpc) is 3.00. The lowest BCUT2D eigenvalue weighted by Crippen LogP contribution is -2.38. The van der Waals surface area contributed by atoms with E-state index in [2.05, 4.69) is 15.1 Å². The molecule has 2 aromatic heterocycles. The van der Waals surface area contributed by atoms with Crippen LogP contribution in [0, 0.1) is 0 Å². The van der Waals surface area contributed by atoms with Gasteiger partial charge in [0.25, 0.3) is 0 Å². The molecule has 1 saturated carbocycles. The van der Waals surface area contributed by atoms with Crippen molar-refractivity contribution in [1.29, 1.82) is 0 Å². The Labute approximate surface area is 116 Å². The smallest absolute Gasteiger partial charge is 0.228 e. The van der Waals surface area contributed by atoms with E-state index in [1.54, 1.807) is 18.3 Å². The van der Waals surface area contributed by atoms with Crippen LogP contribution in [0.3, 0.4) is 0 Å². The van der Waals surface area contributed by atoms with Gasteiger partial charge < -0.3 is 10.3 Å². The van der Waals surface area contributed by atoms with Crippen molar-refractivity contribution in [2.45, 2.75) is 37.6 Å². The second kappa shape index (κ2) is 4.90. The molecule has 2 aromatic rings. The van der Waals surface area contributed by atoms with Crippen LogP contribution in [-0.4, -0.2) is 20.7 Å². The quantitative estimate of drug-likeness (QED) is 0.934. The lowest BCUT2D eigenvalue weighted by Gasteiger charge is -2.20. The Morgan fingerprint density at radius 1 is 1.32 bits per heavy atom. The molecule has 0 aromatic carbocycles. The summed E-state index contributed by atoms with van der Waals surface area (Å²) in [5.41, 5.74) is 6.76. The van der Waals surface area contributed by atoms with Crippen LogP contribution in [-0.2, 0) is 6.42 Å². The summed E-state index contributed by atoms with van der Waals surface area (Å²) < 4.78 is 5.26. The van der Waals surface area contributed by atoms with Crippen molar-refractivity contribution >= 4 is 11.6 Å². The van der Waals surface area contributed by atoms with Crippen molar-refractivity contribution in [2.75, 3.05) is 0 Å². The Kier molecular flexibility index (Phi) is 3.24. The Balaban J connectivity index is 1.77. The number of rotatable bonds is 3. The maximum atomic E-state index is 6.30. The highest BCUT2D eigenvalue weighted by Crippen LogP contribution is 2.30. The summed E-state index contributed by atoms with van der Waals surface area (Å²) in [6.45, 7) is 0. The van der Waals surface area contributed by atoms with Crippen LogP contribution >= 0.6 is 11.6 Å². The molecule has 100 valence electrons. The molecule has 1 aliphatic rings. The summed E-state index contributed by atoms with van der Waals surface area (Å²) in [7, 11) is 0. The molecule has 1 fully saturated rings. The zero-order chi connectivity index (χ0) is 13.3. The third-order valence-corrected chi connectivity index (χ3v) is 3.75. The lowest BCUT2D eigenvalue weighted by atomic mass is 9.95. The fourth-order valence-corrected chi connectivity index (χ4v) is 2.61. The van der Waals surface area contributed by atoms with Gasteiger partial charge >= 0.3 is 0 Å². The fourth-order valence-electron chi connectivity index (χ4n) is 2.50. The average molecular weight is 279 g/mol. The number of halogens is 1. The number of nitrogens with two attached hydrogens (primary N) is 1. The number of hydrogen-bond donors (Lipinski definition) is 1. The molecule has 0 saturated heterocycles. The number of nitrogens with zero attached hydrogens (tertiary/aromatic N) is 3. The van der Waals surface area contributed by atoms with Gasteiger partial charge in [0.2, 0.25) is 11.7 Å². The van der Waals surface area contributed by atoms with Crippen molar-refractivity contribution < 1.29 is 4.52 Å². The van der Waals surface area contributed by atoms with Gasteiger partial charge in [-0.2, -0.15) is 4.98 Å². The molecule has 1 aliphatic carbocycles. The SMILES string of the molecule is NC1(Cc2nc(-c3ccc(Cl)cn3)no2)CCCC1. The van der Waals surface area contributed by atoms with Gasteiger partial charge in [0, 0.05) is 18.2 Å². The standard InChI is InChI=1S/C13H15ClN4O/c14-9-3-4-10(16-8-9)12-17-11(19-18-12)7-13(15)5-1-2-6-13/h3-4,8H,1-2,5-7,15H2. The first-order chi connectivity index (χ1) is 9.15. The molecule has 19 heavy (non-hydrogen) atoms. The van der Waals surface area contributed by atoms with Gasteiger partial charge in [-0.15, -0.1) is 0 Å². The van der Waals surface area contributed by atoms with E-state index < -0.39 is 0 Å². The highest BCUT2D eigenvalue weighted by Gasteiger charge is 2.31. The highest BCUT2D eigenvalue weighted by atomic mass is 35.5. The molecule has 6 heteroatoms. The van der Waals surface area contributed by atoms with Crippen LogP contribution in [0.25, 0.3) is 11.5 Å². The van der Waals surface area contributed by atoms with Crippen LogP contribution in [0.15, 0.2) is 22.9 Å². The van der Waals surface area contributed by atoms with Gasteiger partial charge in [0.15, 0.2) is 0 Å². The Morgan fingerprint density at radius 2 is 2.11 bits per heavy atom. The highest BCUT2D eigenvalue weighted by molar-refractivity contribution is 6.30. The van der Waals surface area contributed by atoms with Crippen LogP contribution in [0.2, 0.25) is 5.02 Å². The van der Waals surface area contributed by atoms with Gasteiger partial charge in [0.05, 0.1) is 5.02 Å². The Hall–Kier alpha value is -1.46. The van der Waals surface area contributed by atoms with Crippen LogP contribution in [0.1, 0.15) is 31.6 Å². The van der Waals surface area contributed by atoms with E-state index in [1.807, 2.05) is 0 Å². The monoisotopic (exact) mass is 278 g/mol. The second-order valence-electron chi connectivity index (χ2n) is 5.12. The molecule has 0 aliphatic heterocycles. The van der Waals surface area contributed by atoms with E-state index in [1.165, 1.54) is 12.8 Å². The topological polar surface area (TPSA) is 77.8 Å². The van der Waals surface area contributed by atoms with Crippen molar-refractivity contribution in [3.05, 3.63) is 29.2 Å². The molecule has 3 rings (SSSR count). The molecular formula is C13H15ClN4O. The zero-order valence-corrected chi connectivity index (χ0v) is 11.2. The summed E-state index contributed by atoms with van der Waals surface area (Å²) in [6, 6.07) is 3.52. The molecule has 0 bridgehead atoms. The summed E-state index contributed by atoms with van der Waals surface area (Å²) in [6.07, 6.45) is 6.59. The molecule has 0 spiro atoms. The van der Waals surface area contributed by atoms with Crippen LogP contribution in [0.4, 0.5) is 0 Å². The van der Waals surface area contributed by atoms with E-state index in [4.69, 9.17) is 21.9 Å². The molecule has 5 nitrogen and oxygen atoms in total. The molecule has 2 N–H and O–H groups in total. The van der Waals surface area contributed by atoms with Crippen molar-refractivity contribution in [3.63, 3.8) is 0 Å². The zero-order valence-electron chi connectivity index (χ0n) is 10.5. The number of pyridine rings is 1.